The predicted molar refractivity (Wildman–Crippen MR) is 67.4 cm³/mol. The Balaban J connectivity index is 2.41. The van der Waals surface area contributed by atoms with E-state index < -0.39 is 0 Å². The molecular weight excluding hydrogens is 232 g/mol. The molecule has 0 spiro atoms. The van der Waals surface area contributed by atoms with Crippen molar-refractivity contribution in [1.82, 2.24) is 15.0 Å². The third kappa shape index (κ3) is 2.65. The largest absolute Gasteiger partial charge is 0.494 e. The standard InChI is InChI=1S/C12H14N4O2/c1-3-18-9-6-4-5-8(7-9)10-14-11(13)16-12(15-10)17-2/h4-7H,3H2,1-2H3,(H2,13,14,15,16). The lowest BCUT2D eigenvalue weighted by Gasteiger charge is -2.06. The Hall–Kier alpha value is -2.37. The van der Waals surface area contributed by atoms with Gasteiger partial charge in [0.05, 0.1) is 13.7 Å². The van der Waals surface area contributed by atoms with Crippen molar-refractivity contribution in [2.75, 3.05) is 19.5 Å². The number of nitrogen functional groups attached to an aromatic ring is 1. The molecule has 2 aromatic rings. The minimum absolute atomic E-state index is 0.124. The van der Waals surface area contributed by atoms with Crippen molar-refractivity contribution >= 4 is 5.95 Å². The number of rotatable bonds is 4. The zero-order valence-electron chi connectivity index (χ0n) is 10.3. The van der Waals surface area contributed by atoms with Gasteiger partial charge in [-0.15, -0.1) is 0 Å². The van der Waals surface area contributed by atoms with E-state index in [0.29, 0.717) is 12.4 Å². The molecule has 2 N–H and O–H groups in total. The predicted octanol–water partition coefficient (Wildman–Crippen LogP) is 1.53. The molecule has 6 heteroatoms. The van der Waals surface area contributed by atoms with Crippen LogP contribution in [0, 0.1) is 0 Å². The van der Waals surface area contributed by atoms with Gasteiger partial charge in [-0.3, -0.25) is 0 Å². The zero-order valence-corrected chi connectivity index (χ0v) is 10.3. The normalized spacial score (nSPS) is 10.1. The summed E-state index contributed by atoms with van der Waals surface area (Å²) >= 11 is 0. The molecule has 0 aliphatic carbocycles. The van der Waals surface area contributed by atoms with Crippen LogP contribution in [0.5, 0.6) is 11.8 Å². The molecule has 0 fully saturated rings. The third-order valence-corrected chi connectivity index (χ3v) is 2.22. The third-order valence-electron chi connectivity index (χ3n) is 2.22. The Kier molecular flexibility index (Phi) is 3.57. The van der Waals surface area contributed by atoms with Crippen LogP contribution >= 0.6 is 0 Å². The number of benzene rings is 1. The molecule has 6 nitrogen and oxygen atoms in total. The molecule has 0 unspecified atom stereocenters. The molecule has 0 radical (unpaired) electrons. The Bertz CT molecular complexity index is 545. The molecular formula is C12H14N4O2. The first-order valence-corrected chi connectivity index (χ1v) is 5.51. The van der Waals surface area contributed by atoms with Crippen molar-refractivity contribution in [2.45, 2.75) is 6.92 Å². The Labute approximate surface area is 105 Å². The number of nitrogens with two attached hydrogens (primary N) is 1. The van der Waals surface area contributed by atoms with Gasteiger partial charge in [-0.2, -0.15) is 15.0 Å². The first-order chi connectivity index (χ1) is 8.72. The maximum Gasteiger partial charge on any atom is 0.321 e. The average molecular weight is 246 g/mol. The van der Waals surface area contributed by atoms with E-state index in [0.717, 1.165) is 11.3 Å². The molecule has 94 valence electrons. The second-order valence-electron chi connectivity index (χ2n) is 3.46. The maximum absolute atomic E-state index is 5.60. The van der Waals surface area contributed by atoms with E-state index in [1.807, 2.05) is 31.2 Å². The van der Waals surface area contributed by atoms with Gasteiger partial charge >= 0.3 is 6.01 Å². The van der Waals surface area contributed by atoms with E-state index in [1.165, 1.54) is 7.11 Å². The van der Waals surface area contributed by atoms with Crippen LogP contribution < -0.4 is 15.2 Å². The summed E-state index contributed by atoms with van der Waals surface area (Å²) in [6.07, 6.45) is 0. The highest BCUT2D eigenvalue weighted by molar-refractivity contribution is 5.58. The van der Waals surface area contributed by atoms with Gasteiger partial charge in [-0.1, -0.05) is 12.1 Å². The molecule has 0 amide bonds. The Morgan fingerprint density at radius 1 is 1.22 bits per heavy atom. The van der Waals surface area contributed by atoms with Crippen molar-refractivity contribution in [1.29, 1.82) is 0 Å². The van der Waals surface area contributed by atoms with Gasteiger partial charge in [-0.05, 0) is 19.1 Å². The van der Waals surface area contributed by atoms with Gasteiger partial charge in [0.15, 0.2) is 5.82 Å². The van der Waals surface area contributed by atoms with Gasteiger partial charge in [0.25, 0.3) is 0 Å². The number of methoxy groups -OCH3 is 1. The Morgan fingerprint density at radius 3 is 2.78 bits per heavy atom. The molecule has 2 rings (SSSR count). The first-order valence-electron chi connectivity index (χ1n) is 5.51. The van der Waals surface area contributed by atoms with E-state index in [2.05, 4.69) is 15.0 Å². The minimum Gasteiger partial charge on any atom is -0.494 e. The summed E-state index contributed by atoms with van der Waals surface area (Å²) in [7, 11) is 1.48. The summed E-state index contributed by atoms with van der Waals surface area (Å²) in [5.74, 6) is 1.34. The second kappa shape index (κ2) is 5.31. The number of nitrogens with zero attached hydrogens (tertiary/aromatic N) is 3. The molecule has 0 aliphatic heterocycles. The van der Waals surface area contributed by atoms with Crippen LogP contribution in [-0.4, -0.2) is 28.7 Å². The number of anilines is 1. The summed E-state index contributed by atoms with van der Waals surface area (Å²) in [4.78, 5) is 12.1. The summed E-state index contributed by atoms with van der Waals surface area (Å²) in [5.41, 5.74) is 6.39. The van der Waals surface area contributed by atoms with E-state index in [1.54, 1.807) is 0 Å². The van der Waals surface area contributed by atoms with Gasteiger partial charge in [0.2, 0.25) is 5.95 Å². The minimum atomic E-state index is 0.124. The molecule has 0 aliphatic rings. The summed E-state index contributed by atoms with van der Waals surface area (Å²) in [5, 5.41) is 0. The maximum atomic E-state index is 5.60. The quantitative estimate of drug-likeness (QED) is 0.880. The highest BCUT2D eigenvalue weighted by Gasteiger charge is 2.07. The smallest absolute Gasteiger partial charge is 0.321 e. The molecule has 1 aromatic heterocycles. The van der Waals surface area contributed by atoms with E-state index in [-0.39, 0.29) is 12.0 Å². The van der Waals surface area contributed by atoms with E-state index in [4.69, 9.17) is 15.2 Å². The lowest BCUT2D eigenvalue weighted by atomic mass is 10.2. The van der Waals surface area contributed by atoms with Gasteiger partial charge in [0.1, 0.15) is 5.75 Å². The lowest BCUT2D eigenvalue weighted by Crippen LogP contribution is -2.02. The molecule has 18 heavy (non-hydrogen) atoms. The van der Waals surface area contributed by atoms with Gasteiger partial charge in [-0.25, -0.2) is 0 Å². The Morgan fingerprint density at radius 2 is 2.06 bits per heavy atom. The van der Waals surface area contributed by atoms with E-state index in [9.17, 15) is 0 Å². The molecule has 0 saturated heterocycles. The summed E-state index contributed by atoms with van der Waals surface area (Å²) in [6, 6.07) is 7.65. The van der Waals surface area contributed by atoms with Crippen LogP contribution in [0.3, 0.4) is 0 Å². The van der Waals surface area contributed by atoms with Crippen molar-refractivity contribution in [2.24, 2.45) is 0 Å². The van der Waals surface area contributed by atoms with Crippen molar-refractivity contribution in [3.63, 3.8) is 0 Å². The molecule has 0 atom stereocenters. The fraction of sp³-hybridized carbons (Fsp3) is 0.250. The lowest BCUT2D eigenvalue weighted by molar-refractivity contribution is 0.340. The highest BCUT2D eigenvalue weighted by atomic mass is 16.5. The topological polar surface area (TPSA) is 83.2 Å². The van der Waals surface area contributed by atoms with Crippen molar-refractivity contribution in [3.8, 4) is 23.1 Å². The molecule has 0 bridgehead atoms. The van der Waals surface area contributed by atoms with Crippen LogP contribution in [0.2, 0.25) is 0 Å². The number of hydrogen-bond donors (Lipinski definition) is 1. The fourth-order valence-electron chi connectivity index (χ4n) is 1.48. The van der Waals surface area contributed by atoms with Gasteiger partial charge < -0.3 is 15.2 Å². The number of aromatic nitrogens is 3. The summed E-state index contributed by atoms with van der Waals surface area (Å²) in [6.45, 7) is 2.53. The van der Waals surface area contributed by atoms with Crippen LogP contribution in [0.15, 0.2) is 24.3 Å². The van der Waals surface area contributed by atoms with Crippen molar-refractivity contribution in [3.05, 3.63) is 24.3 Å². The SMILES string of the molecule is CCOc1cccc(-c2nc(N)nc(OC)n2)c1. The molecule has 1 heterocycles. The number of hydrogen-bond acceptors (Lipinski definition) is 6. The van der Waals surface area contributed by atoms with Crippen LogP contribution in [0.1, 0.15) is 6.92 Å². The van der Waals surface area contributed by atoms with E-state index >= 15 is 0 Å². The fourth-order valence-corrected chi connectivity index (χ4v) is 1.48. The molecule has 1 aromatic carbocycles. The van der Waals surface area contributed by atoms with Crippen LogP contribution in [0.4, 0.5) is 5.95 Å². The van der Waals surface area contributed by atoms with Crippen molar-refractivity contribution < 1.29 is 9.47 Å². The van der Waals surface area contributed by atoms with Gasteiger partial charge in [0, 0.05) is 5.56 Å². The van der Waals surface area contributed by atoms with Crippen LogP contribution in [-0.2, 0) is 0 Å². The zero-order chi connectivity index (χ0) is 13.0. The number of ether oxygens (including phenoxy) is 2. The average Bonchev–Trinajstić information content (AvgIpc) is 2.39. The summed E-state index contributed by atoms with van der Waals surface area (Å²) < 4.78 is 10.4. The van der Waals surface area contributed by atoms with Crippen LogP contribution in [0.25, 0.3) is 11.4 Å². The second-order valence-corrected chi connectivity index (χ2v) is 3.46. The molecule has 0 saturated carbocycles. The monoisotopic (exact) mass is 246 g/mol. The highest BCUT2D eigenvalue weighted by Crippen LogP contribution is 2.22. The first kappa shape index (κ1) is 12.1.